The molecule has 9 heteroatoms. The van der Waals surface area contributed by atoms with Gasteiger partial charge in [-0.25, -0.2) is 4.98 Å². The van der Waals surface area contributed by atoms with E-state index in [1.165, 1.54) is 6.92 Å². The molecular formula is C12H15Cl3N4O2. The average molecular weight is 354 g/mol. The first-order chi connectivity index (χ1) is 8.99. The summed E-state index contributed by atoms with van der Waals surface area (Å²) < 4.78 is 0. The van der Waals surface area contributed by atoms with Crippen LogP contribution in [0.25, 0.3) is 11.0 Å². The highest BCUT2D eigenvalue weighted by molar-refractivity contribution is 6.35. The smallest absolute Gasteiger partial charge is 0.232 e. The molecule has 2 rings (SSSR count). The van der Waals surface area contributed by atoms with Crippen LogP contribution < -0.4 is 11.1 Å². The molecule has 0 unspecified atom stereocenters. The minimum absolute atomic E-state index is 0. The van der Waals surface area contributed by atoms with Crippen LogP contribution in [0.2, 0.25) is 5.02 Å². The number of carbonyl (C=O) groups is 2. The van der Waals surface area contributed by atoms with Gasteiger partial charge in [0.2, 0.25) is 11.8 Å². The predicted octanol–water partition coefficient (Wildman–Crippen LogP) is 1.80. The van der Waals surface area contributed by atoms with Crippen LogP contribution in [0.3, 0.4) is 0 Å². The Morgan fingerprint density at radius 2 is 2.14 bits per heavy atom. The number of amides is 2. The van der Waals surface area contributed by atoms with E-state index >= 15 is 0 Å². The zero-order valence-corrected chi connectivity index (χ0v) is 13.4. The molecule has 2 aromatic heterocycles. The van der Waals surface area contributed by atoms with Crippen molar-refractivity contribution in [3.8, 4) is 0 Å². The van der Waals surface area contributed by atoms with Crippen LogP contribution >= 0.6 is 36.4 Å². The SMILES string of the molecule is C[C@@H](C(N)=O)C(=O)NCc1cnc2[nH]cc(Cl)c2c1.Cl.Cl. The molecule has 6 nitrogen and oxygen atoms in total. The number of nitrogens with one attached hydrogen (secondary N) is 2. The van der Waals surface area contributed by atoms with Crippen LogP contribution in [0.5, 0.6) is 0 Å². The van der Waals surface area contributed by atoms with Crippen molar-refractivity contribution < 1.29 is 9.59 Å². The van der Waals surface area contributed by atoms with E-state index in [9.17, 15) is 9.59 Å². The number of rotatable bonds is 4. The number of carbonyl (C=O) groups excluding carboxylic acids is 2. The van der Waals surface area contributed by atoms with Gasteiger partial charge in [0.05, 0.1) is 5.02 Å². The molecule has 0 saturated heterocycles. The van der Waals surface area contributed by atoms with Crippen molar-refractivity contribution in [1.82, 2.24) is 15.3 Å². The summed E-state index contributed by atoms with van der Waals surface area (Å²) in [6.45, 7) is 1.73. The fraction of sp³-hybridized carbons (Fsp3) is 0.250. The summed E-state index contributed by atoms with van der Waals surface area (Å²) in [6.07, 6.45) is 3.28. The molecule has 0 bridgehead atoms. The molecule has 0 spiro atoms. The molecule has 4 N–H and O–H groups in total. The Morgan fingerprint density at radius 3 is 2.76 bits per heavy atom. The topological polar surface area (TPSA) is 101 Å². The molecule has 0 aliphatic heterocycles. The zero-order chi connectivity index (χ0) is 14.0. The van der Waals surface area contributed by atoms with E-state index in [1.54, 1.807) is 12.4 Å². The summed E-state index contributed by atoms with van der Waals surface area (Å²) in [5.41, 5.74) is 6.53. The molecular weight excluding hydrogens is 339 g/mol. The molecule has 2 amide bonds. The highest BCUT2D eigenvalue weighted by Crippen LogP contribution is 2.21. The molecule has 21 heavy (non-hydrogen) atoms. The van der Waals surface area contributed by atoms with Crippen molar-refractivity contribution in [2.75, 3.05) is 0 Å². The van der Waals surface area contributed by atoms with Gasteiger partial charge < -0.3 is 16.0 Å². The molecule has 0 fully saturated rings. The highest BCUT2D eigenvalue weighted by atomic mass is 35.5. The second kappa shape index (κ2) is 8.07. The van der Waals surface area contributed by atoms with E-state index < -0.39 is 17.7 Å². The van der Waals surface area contributed by atoms with E-state index in [4.69, 9.17) is 17.3 Å². The zero-order valence-electron chi connectivity index (χ0n) is 11.1. The van der Waals surface area contributed by atoms with Gasteiger partial charge in [0.15, 0.2) is 0 Å². The lowest BCUT2D eigenvalue weighted by Gasteiger charge is -2.08. The first-order valence-corrected chi connectivity index (χ1v) is 6.05. The Morgan fingerprint density at radius 1 is 1.48 bits per heavy atom. The van der Waals surface area contributed by atoms with Crippen molar-refractivity contribution in [2.45, 2.75) is 13.5 Å². The second-order valence-corrected chi connectivity index (χ2v) is 4.63. The standard InChI is InChI=1S/C12H13ClN4O2.2ClH/c1-6(10(14)18)12(19)17-4-7-2-8-9(13)5-16-11(8)15-3-7;;/h2-3,5-6H,4H2,1H3,(H2,14,18)(H,15,16)(H,17,19);2*1H/t6-;;/m0../s1. The van der Waals surface area contributed by atoms with E-state index in [-0.39, 0.29) is 31.4 Å². The highest BCUT2D eigenvalue weighted by Gasteiger charge is 2.17. The third kappa shape index (κ3) is 4.49. The number of halogens is 3. The molecule has 2 aromatic rings. The molecule has 116 valence electrons. The number of nitrogens with two attached hydrogens (primary N) is 1. The predicted molar refractivity (Wildman–Crippen MR) is 85.8 cm³/mol. The van der Waals surface area contributed by atoms with Gasteiger partial charge in [0.1, 0.15) is 11.6 Å². The first-order valence-electron chi connectivity index (χ1n) is 5.67. The maximum Gasteiger partial charge on any atom is 0.232 e. The Bertz CT molecular complexity index is 644. The fourth-order valence-electron chi connectivity index (χ4n) is 1.58. The van der Waals surface area contributed by atoms with Crippen LogP contribution in [0.1, 0.15) is 12.5 Å². The number of H-pyrrole nitrogens is 1. The molecule has 1 atom stereocenters. The number of aromatic nitrogens is 2. The summed E-state index contributed by atoms with van der Waals surface area (Å²) in [6, 6.07) is 1.83. The van der Waals surface area contributed by atoms with Crippen molar-refractivity contribution in [2.24, 2.45) is 11.7 Å². The summed E-state index contributed by atoms with van der Waals surface area (Å²) >= 11 is 5.98. The molecule has 0 aliphatic rings. The number of fused-ring (bicyclic) bond motifs is 1. The Balaban J connectivity index is 0.00000200. The van der Waals surface area contributed by atoms with Gasteiger partial charge in [-0.3, -0.25) is 9.59 Å². The lowest BCUT2D eigenvalue weighted by Crippen LogP contribution is -2.36. The Labute approximate surface area is 138 Å². The van der Waals surface area contributed by atoms with Crippen LogP contribution in [-0.2, 0) is 16.1 Å². The van der Waals surface area contributed by atoms with Gasteiger partial charge in [-0.1, -0.05) is 11.6 Å². The van der Waals surface area contributed by atoms with Crippen molar-refractivity contribution in [3.63, 3.8) is 0 Å². The average Bonchev–Trinajstić information content (AvgIpc) is 2.76. The second-order valence-electron chi connectivity index (χ2n) is 4.22. The maximum absolute atomic E-state index is 11.6. The van der Waals surface area contributed by atoms with Gasteiger partial charge in [-0.15, -0.1) is 24.8 Å². The summed E-state index contributed by atoms with van der Waals surface area (Å²) in [5, 5.41) is 3.98. The molecule has 2 heterocycles. The Kier molecular flexibility index (Phi) is 7.49. The number of pyridine rings is 1. The van der Waals surface area contributed by atoms with Crippen LogP contribution in [0.4, 0.5) is 0 Å². The minimum Gasteiger partial charge on any atom is -0.369 e. The summed E-state index contributed by atoms with van der Waals surface area (Å²) in [7, 11) is 0. The monoisotopic (exact) mass is 352 g/mol. The van der Waals surface area contributed by atoms with Crippen LogP contribution in [0, 0.1) is 5.92 Å². The lowest BCUT2D eigenvalue weighted by atomic mass is 10.1. The number of hydrogen-bond donors (Lipinski definition) is 3. The third-order valence-corrected chi connectivity index (χ3v) is 3.14. The number of primary amides is 1. The van der Waals surface area contributed by atoms with Crippen LogP contribution in [0.15, 0.2) is 18.5 Å². The van der Waals surface area contributed by atoms with Crippen molar-refractivity contribution in [3.05, 3.63) is 29.0 Å². The summed E-state index contributed by atoms with van der Waals surface area (Å²) in [4.78, 5) is 29.5. The quantitative estimate of drug-likeness (QED) is 0.730. The third-order valence-electron chi connectivity index (χ3n) is 2.82. The molecule has 0 aliphatic carbocycles. The Hall–Kier alpha value is -1.50. The van der Waals surface area contributed by atoms with Gasteiger partial charge in [-0.2, -0.15) is 0 Å². The maximum atomic E-state index is 11.6. The number of hydrogen-bond acceptors (Lipinski definition) is 3. The van der Waals surface area contributed by atoms with E-state index in [0.29, 0.717) is 10.7 Å². The van der Waals surface area contributed by atoms with Crippen molar-refractivity contribution in [1.29, 1.82) is 0 Å². The number of aromatic amines is 1. The lowest BCUT2D eigenvalue weighted by molar-refractivity contribution is -0.132. The van der Waals surface area contributed by atoms with E-state index in [0.717, 1.165) is 10.9 Å². The van der Waals surface area contributed by atoms with E-state index in [1.807, 2.05) is 6.07 Å². The number of nitrogens with zero attached hydrogens (tertiary/aromatic N) is 1. The first kappa shape index (κ1) is 19.5. The largest absolute Gasteiger partial charge is 0.369 e. The van der Waals surface area contributed by atoms with Crippen LogP contribution in [-0.4, -0.2) is 21.8 Å². The molecule has 0 aromatic carbocycles. The molecule has 0 saturated carbocycles. The summed E-state index contributed by atoms with van der Waals surface area (Å²) in [5.74, 6) is -1.92. The minimum atomic E-state index is -0.854. The normalized spacial score (nSPS) is 11.1. The van der Waals surface area contributed by atoms with Gasteiger partial charge in [-0.05, 0) is 18.6 Å². The van der Waals surface area contributed by atoms with Gasteiger partial charge >= 0.3 is 0 Å². The van der Waals surface area contributed by atoms with E-state index in [2.05, 4.69) is 15.3 Å². The van der Waals surface area contributed by atoms with Crippen molar-refractivity contribution >= 4 is 59.3 Å². The van der Waals surface area contributed by atoms with Gasteiger partial charge in [0.25, 0.3) is 0 Å². The fourth-order valence-corrected chi connectivity index (χ4v) is 1.78. The molecule has 0 radical (unpaired) electrons. The van der Waals surface area contributed by atoms with Gasteiger partial charge in [0, 0.05) is 24.3 Å².